The molecule has 0 bridgehead atoms. The Balaban J connectivity index is 2.12. The predicted octanol–water partition coefficient (Wildman–Crippen LogP) is 2.58. The molecule has 5 heteroatoms. The van der Waals surface area contributed by atoms with Crippen molar-refractivity contribution in [2.24, 2.45) is 0 Å². The van der Waals surface area contributed by atoms with Gasteiger partial charge in [-0.25, -0.2) is 0 Å². The predicted molar refractivity (Wildman–Crippen MR) is 66.2 cm³/mol. The van der Waals surface area contributed by atoms with Crippen LogP contribution in [0, 0.1) is 0 Å². The summed E-state index contributed by atoms with van der Waals surface area (Å²) in [5.41, 5.74) is 0. The third-order valence-corrected chi connectivity index (χ3v) is 3.70. The van der Waals surface area contributed by atoms with Crippen LogP contribution in [0.3, 0.4) is 0 Å². The number of rotatable bonds is 4. The quantitative estimate of drug-likeness (QED) is 0.836. The number of aliphatic hydroxyl groups excluding tert-OH is 1. The van der Waals surface area contributed by atoms with Crippen molar-refractivity contribution >= 4 is 0 Å². The van der Waals surface area contributed by atoms with Gasteiger partial charge in [0, 0.05) is 7.11 Å². The summed E-state index contributed by atoms with van der Waals surface area (Å²) in [5, 5.41) is 14.1. The molecule has 18 heavy (non-hydrogen) atoms. The molecule has 1 fully saturated rings. The maximum Gasteiger partial charge on any atom is 0.232 e. The van der Waals surface area contributed by atoms with Crippen LogP contribution < -0.4 is 0 Å². The van der Waals surface area contributed by atoms with E-state index in [-0.39, 0.29) is 18.1 Å². The summed E-state index contributed by atoms with van der Waals surface area (Å²) < 4.78 is 10.6. The summed E-state index contributed by atoms with van der Waals surface area (Å²) in [5.74, 6) is 1.14. The monoisotopic (exact) mass is 254 g/mol. The van der Waals surface area contributed by atoms with Gasteiger partial charge in [0.05, 0.1) is 12.0 Å². The van der Waals surface area contributed by atoms with Crippen LogP contribution in [0.15, 0.2) is 4.52 Å². The lowest BCUT2D eigenvalue weighted by Gasteiger charge is -2.15. The van der Waals surface area contributed by atoms with Gasteiger partial charge in [0.15, 0.2) is 0 Å². The van der Waals surface area contributed by atoms with Crippen molar-refractivity contribution in [3.8, 4) is 0 Å². The highest BCUT2D eigenvalue weighted by atomic mass is 16.5. The summed E-state index contributed by atoms with van der Waals surface area (Å²) in [6, 6.07) is 0. The molecule has 3 unspecified atom stereocenters. The van der Waals surface area contributed by atoms with Crippen molar-refractivity contribution in [3.63, 3.8) is 0 Å². The number of hydrogen-bond donors (Lipinski definition) is 1. The highest BCUT2D eigenvalue weighted by molar-refractivity contribution is 5.00. The van der Waals surface area contributed by atoms with Crippen LogP contribution in [-0.4, -0.2) is 28.5 Å². The smallest absolute Gasteiger partial charge is 0.232 e. The van der Waals surface area contributed by atoms with E-state index in [9.17, 15) is 5.11 Å². The Morgan fingerprint density at radius 3 is 2.89 bits per heavy atom. The molecular formula is C13H22N2O3. The minimum Gasteiger partial charge on any atom is -0.392 e. The number of nitrogens with zero attached hydrogens (tertiary/aromatic N) is 2. The maximum absolute atomic E-state index is 10.1. The van der Waals surface area contributed by atoms with Crippen LogP contribution in [0.1, 0.15) is 69.2 Å². The topological polar surface area (TPSA) is 68.4 Å². The third kappa shape index (κ3) is 2.90. The van der Waals surface area contributed by atoms with Gasteiger partial charge in [0.25, 0.3) is 0 Å². The third-order valence-electron chi connectivity index (χ3n) is 3.70. The van der Waals surface area contributed by atoms with Crippen LogP contribution >= 0.6 is 0 Å². The van der Waals surface area contributed by atoms with Crippen LogP contribution in [-0.2, 0) is 4.74 Å². The van der Waals surface area contributed by atoms with Crippen molar-refractivity contribution in [3.05, 3.63) is 11.7 Å². The second-order valence-electron chi connectivity index (χ2n) is 4.94. The van der Waals surface area contributed by atoms with Gasteiger partial charge in [-0.05, 0) is 19.3 Å². The SMILES string of the molecule is CCC(OC)c1noc(C2CCCCCC2O)n1. The molecule has 1 aromatic rings. The molecule has 0 amide bonds. The van der Waals surface area contributed by atoms with E-state index in [1.54, 1.807) is 7.11 Å². The highest BCUT2D eigenvalue weighted by Crippen LogP contribution is 2.31. The Labute approximate surface area is 108 Å². The number of hydrogen-bond acceptors (Lipinski definition) is 5. The zero-order chi connectivity index (χ0) is 13.0. The van der Waals surface area contributed by atoms with Crippen molar-refractivity contribution in [1.82, 2.24) is 10.1 Å². The maximum atomic E-state index is 10.1. The van der Waals surface area contributed by atoms with E-state index in [4.69, 9.17) is 9.26 Å². The largest absolute Gasteiger partial charge is 0.392 e. The van der Waals surface area contributed by atoms with E-state index in [2.05, 4.69) is 10.1 Å². The first kappa shape index (κ1) is 13.5. The lowest BCUT2D eigenvalue weighted by molar-refractivity contribution is 0.0902. The zero-order valence-electron chi connectivity index (χ0n) is 11.1. The van der Waals surface area contributed by atoms with E-state index >= 15 is 0 Å². The molecule has 2 rings (SSSR count). The molecular weight excluding hydrogens is 232 g/mol. The summed E-state index contributed by atoms with van der Waals surface area (Å²) in [4.78, 5) is 4.41. The first-order valence-corrected chi connectivity index (χ1v) is 6.80. The second kappa shape index (κ2) is 6.29. The minimum atomic E-state index is -0.358. The normalized spacial score (nSPS) is 26.8. The Morgan fingerprint density at radius 1 is 1.39 bits per heavy atom. The number of aromatic nitrogens is 2. The fraction of sp³-hybridized carbons (Fsp3) is 0.846. The van der Waals surface area contributed by atoms with Gasteiger partial charge in [-0.15, -0.1) is 0 Å². The number of methoxy groups -OCH3 is 1. The standard InChI is InChI=1S/C13H22N2O3/c1-3-11(17-2)12-14-13(18-15-12)9-7-5-4-6-8-10(9)16/h9-11,16H,3-8H2,1-2H3. The zero-order valence-corrected chi connectivity index (χ0v) is 11.1. The van der Waals surface area contributed by atoms with Gasteiger partial charge < -0.3 is 14.4 Å². The molecule has 3 atom stereocenters. The van der Waals surface area contributed by atoms with Gasteiger partial charge >= 0.3 is 0 Å². The summed E-state index contributed by atoms with van der Waals surface area (Å²) in [6.07, 6.45) is 5.44. The van der Waals surface area contributed by atoms with Crippen molar-refractivity contribution in [2.75, 3.05) is 7.11 Å². The minimum absolute atomic E-state index is 0.0110. The van der Waals surface area contributed by atoms with Crippen molar-refractivity contribution in [1.29, 1.82) is 0 Å². The van der Waals surface area contributed by atoms with Crippen molar-refractivity contribution < 1.29 is 14.4 Å². The Morgan fingerprint density at radius 2 is 2.17 bits per heavy atom. The molecule has 0 saturated heterocycles. The fourth-order valence-electron chi connectivity index (χ4n) is 2.56. The van der Waals surface area contributed by atoms with Gasteiger partial charge in [0.1, 0.15) is 6.10 Å². The average Bonchev–Trinajstić information content (AvgIpc) is 2.74. The molecule has 1 heterocycles. The van der Waals surface area contributed by atoms with Gasteiger partial charge in [0.2, 0.25) is 11.7 Å². The van der Waals surface area contributed by atoms with Gasteiger partial charge in [-0.3, -0.25) is 0 Å². The molecule has 5 nitrogen and oxygen atoms in total. The molecule has 0 aromatic carbocycles. The molecule has 102 valence electrons. The average molecular weight is 254 g/mol. The van der Waals surface area contributed by atoms with E-state index in [1.165, 1.54) is 6.42 Å². The van der Waals surface area contributed by atoms with E-state index in [0.29, 0.717) is 11.7 Å². The van der Waals surface area contributed by atoms with E-state index in [0.717, 1.165) is 32.1 Å². The number of aliphatic hydroxyl groups is 1. The highest BCUT2D eigenvalue weighted by Gasteiger charge is 2.29. The molecule has 1 saturated carbocycles. The first-order valence-electron chi connectivity index (χ1n) is 6.80. The van der Waals surface area contributed by atoms with Gasteiger partial charge in [-0.1, -0.05) is 31.3 Å². The molecule has 0 radical (unpaired) electrons. The van der Waals surface area contributed by atoms with E-state index < -0.39 is 0 Å². The van der Waals surface area contributed by atoms with Crippen LogP contribution in [0.2, 0.25) is 0 Å². The molecule has 0 aliphatic heterocycles. The lowest BCUT2D eigenvalue weighted by atomic mass is 9.97. The van der Waals surface area contributed by atoms with Crippen molar-refractivity contribution in [2.45, 2.75) is 63.6 Å². The molecule has 0 spiro atoms. The Bertz CT molecular complexity index is 363. The van der Waals surface area contributed by atoms with E-state index in [1.807, 2.05) is 6.92 Å². The first-order chi connectivity index (χ1) is 8.76. The number of ether oxygens (including phenoxy) is 1. The molecule has 1 aliphatic carbocycles. The second-order valence-corrected chi connectivity index (χ2v) is 4.94. The summed E-state index contributed by atoms with van der Waals surface area (Å²) >= 11 is 0. The molecule has 1 aliphatic rings. The fourth-order valence-corrected chi connectivity index (χ4v) is 2.56. The Kier molecular flexibility index (Phi) is 4.72. The molecule has 1 N–H and O–H groups in total. The summed E-state index contributed by atoms with van der Waals surface area (Å²) in [6.45, 7) is 2.02. The molecule has 1 aromatic heterocycles. The van der Waals surface area contributed by atoms with Crippen LogP contribution in [0.5, 0.6) is 0 Å². The van der Waals surface area contributed by atoms with Crippen LogP contribution in [0.25, 0.3) is 0 Å². The summed E-state index contributed by atoms with van der Waals surface area (Å²) in [7, 11) is 1.64. The van der Waals surface area contributed by atoms with Crippen LogP contribution in [0.4, 0.5) is 0 Å². The Hall–Kier alpha value is -0.940. The van der Waals surface area contributed by atoms with Gasteiger partial charge in [-0.2, -0.15) is 4.98 Å². The lowest BCUT2D eigenvalue weighted by Crippen LogP contribution is -2.17.